The number of nitrogens with zero attached hydrogens (tertiary/aromatic N) is 2. The average molecular weight is 678 g/mol. The minimum absolute atomic E-state index is 0.165. The first-order chi connectivity index (χ1) is 24.5. The maximum Gasteiger partial charge on any atom is 0.264 e. The number of hydrogen-bond acceptors (Lipinski definition) is 6. The smallest absolute Gasteiger partial charge is 0.264 e. The second-order valence-corrected chi connectivity index (χ2v) is 14.2. The number of benzene rings is 5. The van der Waals surface area contributed by atoms with E-state index in [9.17, 15) is 4.79 Å². The molecule has 8 rings (SSSR count). The molecular formula is C43H39N3O3S. The number of ether oxygens (including phenoxy) is 2. The van der Waals surface area contributed by atoms with Crippen LogP contribution in [0.1, 0.15) is 63.6 Å². The number of aliphatic imine (C=N–C) groups is 1. The molecule has 3 aliphatic heterocycles. The summed E-state index contributed by atoms with van der Waals surface area (Å²) in [6.07, 6.45) is 3.99. The van der Waals surface area contributed by atoms with Gasteiger partial charge in [0.25, 0.3) is 5.91 Å². The number of amidine groups is 1. The first-order valence-electron chi connectivity index (χ1n) is 17.2. The van der Waals surface area contributed by atoms with Crippen LogP contribution in [0, 0.1) is 6.92 Å². The molecule has 2 atom stereocenters. The third kappa shape index (κ3) is 6.53. The number of rotatable bonds is 8. The van der Waals surface area contributed by atoms with E-state index in [-0.39, 0.29) is 17.7 Å². The van der Waals surface area contributed by atoms with Crippen molar-refractivity contribution in [3.05, 3.63) is 159 Å². The minimum Gasteiger partial charge on any atom is -0.493 e. The fourth-order valence-corrected chi connectivity index (χ4v) is 8.23. The van der Waals surface area contributed by atoms with Gasteiger partial charge in [0.05, 0.1) is 17.7 Å². The summed E-state index contributed by atoms with van der Waals surface area (Å²) in [6, 6.07) is 40.1. The molecule has 0 unspecified atom stereocenters. The lowest BCUT2D eigenvalue weighted by molar-refractivity contribution is -0.115. The van der Waals surface area contributed by atoms with E-state index in [4.69, 9.17) is 14.5 Å². The van der Waals surface area contributed by atoms with Crippen LogP contribution < -0.4 is 19.7 Å². The van der Waals surface area contributed by atoms with Crippen molar-refractivity contribution in [3.8, 4) is 11.5 Å². The van der Waals surface area contributed by atoms with Gasteiger partial charge in [-0.2, -0.15) is 0 Å². The van der Waals surface area contributed by atoms with Crippen molar-refractivity contribution in [2.75, 3.05) is 25.1 Å². The highest BCUT2D eigenvalue weighted by molar-refractivity contribution is 8.18. The van der Waals surface area contributed by atoms with E-state index >= 15 is 0 Å². The maximum absolute atomic E-state index is 13.2. The van der Waals surface area contributed by atoms with E-state index in [2.05, 4.69) is 114 Å². The highest BCUT2D eigenvalue weighted by Gasteiger charge is 2.35. The van der Waals surface area contributed by atoms with Crippen molar-refractivity contribution in [1.82, 2.24) is 5.32 Å². The molecule has 0 spiro atoms. The van der Waals surface area contributed by atoms with Crippen molar-refractivity contribution >= 4 is 40.3 Å². The lowest BCUT2D eigenvalue weighted by Gasteiger charge is -2.43. The summed E-state index contributed by atoms with van der Waals surface area (Å²) in [7, 11) is 1.63. The van der Waals surface area contributed by atoms with Gasteiger partial charge in [-0.25, -0.2) is 4.99 Å². The molecule has 0 radical (unpaired) electrons. The van der Waals surface area contributed by atoms with Crippen LogP contribution in [0.5, 0.6) is 11.5 Å². The number of carbonyl (C=O) groups is 1. The second-order valence-electron chi connectivity index (χ2n) is 13.1. The maximum atomic E-state index is 13.2. The standard InChI is InChI=1S/C43H39N3O3S/c1-28-13-15-29(16-14-28)27-49-38-18-17-30(23-39(38)48-2)24-40-42(47)45-43(50-40)44-33-25-36-34(31-9-5-3-6-10-31)19-21-46-22-20-35(37(26-33)41(36)46)32-11-7-4-8-12-32/h3-18,23-26,34-35H,19-22,27H2,1-2H3,(H,44,45,47)/b40-24-/t34-,35-/m1/s1. The molecule has 50 heavy (non-hydrogen) atoms. The highest BCUT2D eigenvalue weighted by atomic mass is 32.2. The Morgan fingerprint density at radius 1 is 0.820 bits per heavy atom. The predicted molar refractivity (Wildman–Crippen MR) is 204 cm³/mol. The summed E-state index contributed by atoms with van der Waals surface area (Å²) < 4.78 is 11.7. The second kappa shape index (κ2) is 13.9. The summed E-state index contributed by atoms with van der Waals surface area (Å²) in [6.45, 7) is 4.59. The zero-order chi connectivity index (χ0) is 34.0. The number of aryl methyl sites for hydroxylation is 1. The summed E-state index contributed by atoms with van der Waals surface area (Å²) in [5.41, 5.74) is 10.7. The summed E-state index contributed by atoms with van der Waals surface area (Å²) >= 11 is 1.36. The Bertz CT molecular complexity index is 2020. The number of carbonyl (C=O) groups excluding carboxylic acids is 1. The summed E-state index contributed by atoms with van der Waals surface area (Å²) in [4.78, 5) is 21.4. The number of methoxy groups -OCH3 is 1. The van der Waals surface area contributed by atoms with Crippen LogP contribution in [0.15, 0.2) is 125 Å². The molecular weight excluding hydrogens is 639 g/mol. The largest absolute Gasteiger partial charge is 0.493 e. The first-order valence-corrected chi connectivity index (χ1v) is 18.0. The Hall–Kier alpha value is -5.27. The van der Waals surface area contributed by atoms with Gasteiger partial charge in [-0.3, -0.25) is 4.79 Å². The molecule has 1 saturated heterocycles. The zero-order valence-corrected chi connectivity index (χ0v) is 29.1. The predicted octanol–water partition coefficient (Wildman–Crippen LogP) is 9.35. The first kappa shape index (κ1) is 32.0. The average Bonchev–Trinajstić information content (AvgIpc) is 3.49. The highest BCUT2D eigenvalue weighted by Crippen LogP contribution is 2.50. The van der Waals surface area contributed by atoms with Gasteiger partial charge in [-0.1, -0.05) is 96.6 Å². The van der Waals surface area contributed by atoms with Crippen molar-refractivity contribution in [1.29, 1.82) is 0 Å². The van der Waals surface area contributed by atoms with Crippen molar-refractivity contribution < 1.29 is 14.3 Å². The van der Waals surface area contributed by atoms with Gasteiger partial charge in [-0.05, 0) is 95.2 Å². The molecule has 0 aliphatic carbocycles. The van der Waals surface area contributed by atoms with Crippen LogP contribution in [0.4, 0.5) is 11.4 Å². The molecule has 7 heteroatoms. The SMILES string of the molecule is COc1cc(/C=C2\SC(=Nc3cc4c5c(c3)[C@@H](c3ccccc3)CCN5CC[C@@H]4c3ccccc3)NC2=O)ccc1OCc1ccc(C)cc1. The fourth-order valence-electron chi connectivity index (χ4n) is 7.39. The molecule has 1 N–H and O–H groups in total. The molecule has 3 aliphatic rings. The summed E-state index contributed by atoms with van der Waals surface area (Å²) in [5.74, 6) is 1.68. The minimum atomic E-state index is -0.165. The van der Waals surface area contributed by atoms with Crippen molar-refractivity contribution in [2.45, 2.75) is 38.2 Å². The van der Waals surface area contributed by atoms with E-state index < -0.39 is 0 Å². The lowest BCUT2D eigenvalue weighted by atomic mass is 9.76. The molecule has 0 aromatic heterocycles. The van der Waals surface area contributed by atoms with Gasteiger partial charge in [0, 0.05) is 30.6 Å². The number of hydrogen-bond donors (Lipinski definition) is 1. The fraction of sp³-hybridized carbons (Fsp3) is 0.209. The quantitative estimate of drug-likeness (QED) is 0.166. The Kier molecular flexibility index (Phi) is 8.90. The van der Waals surface area contributed by atoms with Gasteiger partial charge >= 0.3 is 0 Å². The number of thioether (sulfide) groups is 1. The number of amides is 1. The van der Waals surface area contributed by atoms with Gasteiger partial charge < -0.3 is 19.7 Å². The molecule has 5 aromatic carbocycles. The van der Waals surface area contributed by atoms with Crippen LogP contribution in [0.2, 0.25) is 0 Å². The van der Waals surface area contributed by atoms with Crippen molar-refractivity contribution in [2.24, 2.45) is 4.99 Å². The topological polar surface area (TPSA) is 63.2 Å². The van der Waals surface area contributed by atoms with E-state index in [0.717, 1.165) is 42.7 Å². The lowest BCUT2D eigenvalue weighted by Crippen LogP contribution is -2.37. The van der Waals surface area contributed by atoms with Gasteiger partial charge in [0.2, 0.25) is 0 Å². The van der Waals surface area contributed by atoms with Gasteiger partial charge in [-0.15, -0.1) is 0 Å². The number of anilines is 1. The zero-order valence-electron chi connectivity index (χ0n) is 28.3. The third-order valence-electron chi connectivity index (χ3n) is 9.88. The molecule has 3 heterocycles. The van der Waals surface area contributed by atoms with Gasteiger partial charge in [0.15, 0.2) is 16.7 Å². The normalized spacial score (nSPS) is 19.7. The summed E-state index contributed by atoms with van der Waals surface area (Å²) in [5, 5.41) is 3.60. The molecule has 250 valence electrons. The molecule has 1 fully saturated rings. The van der Waals surface area contributed by atoms with E-state index in [0.29, 0.717) is 28.2 Å². The van der Waals surface area contributed by atoms with Crippen LogP contribution in [0.25, 0.3) is 6.08 Å². The molecule has 1 amide bonds. The molecule has 0 saturated carbocycles. The van der Waals surface area contributed by atoms with Crippen LogP contribution in [0.3, 0.4) is 0 Å². The van der Waals surface area contributed by atoms with Crippen LogP contribution >= 0.6 is 11.8 Å². The molecule has 6 nitrogen and oxygen atoms in total. The van der Waals surface area contributed by atoms with E-state index in [1.54, 1.807) is 7.11 Å². The monoisotopic (exact) mass is 677 g/mol. The van der Waals surface area contributed by atoms with E-state index in [1.165, 1.54) is 45.3 Å². The Morgan fingerprint density at radius 2 is 1.46 bits per heavy atom. The van der Waals surface area contributed by atoms with E-state index in [1.807, 2.05) is 24.3 Å². The van der Waals surface area contributed by atoms with Gasteiger partial charge in [0.1, 0.15) is 6.61 Å². The third-order valence-corrected chi connectivity index (χ3v) is 10.8. The van der Waals surface area contributed by atoms with Crippen LogP contribution in [-0.2, 0) is 11.4 Å². The molecule has 0 bridgehead atoms. The Morgan fingerprint density at radius 3 is 2.08 bits per heavy atom. The number of nitrogens with one attached hydrogen (secondary N) is 1. The Labute approximate surface area is 297 Å². The molecule has 5 aromatic rings. The van der Waals surface area contributed by atoms with Crippen LogP contribution in [-0.4, -0.2) is 31.3 Å². The Balaban J connectivity index is 1.09. The van der Waals surface area contributed by atoms with Crippen molar-refractivity contribution in [3.63, 3.8) is 0 Å².